The molecule has 1 nitrogen and oxygen atoms in total. The van der Waals surface area contributed by atoms with Gasteiger partial charge in [0.05, 0.1) is 0 Å². The van der Waals surface area contributed by atoms with Crippen LogP contribution < -0.4 is 5.32 Å². The van der Waals surface area contributed by atoms with Crippen LogP contribution in [-0.4, -0.2) is 18.8 Å². The van der Waals surface area contributed by atoms with E-state index in [1.165, 1.54) is 0 Å². The van der Waals surface area contributed by atoms with E-state index in [9.17, 15) is 4.39 Å². The molecular weight excluding hydrogens is 93.1 g/mol. The van der Waals surface area contributed by atoms with Crippen molar-refractivity contribution >= 4 is 0 Å². The highest BCUT2D eigenvalue weighted by Gasteiger charge is 2.58. The second-order valence-electron chi connectivity index (χ2n) is 2.57. The molecule has 0 radical (unpaired) electrons. The van der Waals surface area contributed by atoms with Crippen molar-refractivity contribution in [3.63, 3.8) is 0 Å². The van der Waals surface area contributed by atoms with E-state index in [2.05, 4.69) is 5.32 Å². The molecule has 0 aromatic rings. The molecule has 7 heavy (non-hydrogen) atoms. The molecule has 2 rings (SSSR count). The smallest absolute Gasteiger partial charge is 0.128 e. The van der Waals surface area contributed by atoms with Crippen LogP contribution in [0.25, 0.3) is 0 Å². The third-order valence-electron chi connectivity index (χ3n) is 1.97. The number of hydrogen-bond donors (Lipinski definition) is 1. The van der Waals surface area contributed by atoms with Crippen LogP contribution in [0.3, 0.4) is 0 Å². The van der Waals surface area contributed by atoms with Gasteiger partial charge in [-0.05, 0) is 6.42 Å². The Balaban J connectivity index is 2.17. The van der Waals surface area contributed by atoms with Crippen molar-refractivity contribution < 1.29 is 4.39 Å². The van der Waals surface area contributed by atoms with Crippen LogP contribution in [0.15, 0.2) is 0 Å². The number of nitrogens with one attached hydrogen (secondary N) is 1. The summed E-state index contributed by atoms with van der Waals surface area (Å²) in [5, 5.41) is 2.99. The number of hydrogen-bond acceptors (Lipinski definition) is 1. The molecule has 0 bridgehead atoms. The zero-order chi connectivity index (χ0) is 4.91. The highest BCUT2D eigenvalue weighted by molar-refractivity contribution is 5.10. The van der Waals surface area contributed by atoms with Crippen LogP contribution in [0, 0.1) is 5.92 Å². The molecule has 0 aromatic carbocycles. The molecule has 1 saturated heterocycles. The van der Waals surface area contributed by atoms with E-state index in [1.54, 1.807) is 0 Å². The minimum absolute atomic E-state index is 0.382. The largest absolute Gasteiger partial charge is 0.313 e. The van der Waals surface area contributed by atoms with E-state index in [1.807, 2.05) is 0 Å². The molecule has 0 aromatic heterocycles. The summed E-state index contributed by atoms with van der Waals surface area (Å²) >= 11 is 0. The van der Waals surface area contributed by atoms with Gasteiger partial charge >= 0.3 is 0 Å². The maximum atomic E-state index is 12.6. The van der Waals surface area contributed by atoms with Crippen molar-refractivity contribution in [2.75, 3.05) is 13.1 Å². The van der Waals surface area contributed by atoms with Crippen LogP contribution in [0.4, 0.5) is 4.39 Å². The number of piperidine rings is 1. The predicted octanol–water partition coefficient (Wildman–Crippen LogP) is 0.318. The third-order valence-corrected chi connectivity index (χ3v) is 1.97. The van der Waals surface area contributed by atoms with Crippen LogP contribution in [0.5, 0.6) is 0 Å². The Morgan fingerprint density at radius 3 is 2.71 bits per heavy atom. The molecule has 40 valence electrons. The molecular formula is C5H8FN. The zero-order valence-electron chi connectivity index (χ0n) is 4.08. The van der Waals surface area contributed by atoms with Gasteiger partial charge in [-0.25, -0.2) is 4.39 Å². The summed E-state index contributed by atoms with van der Waals surface area (Å²) in [7, 11) is 0. The minimum Gasteiger partial charge on any atom is -0.313 e. The number of fused-ring (bicyclic) bond motifs is 1. The van der Waals surface area contributed by atoms with Gasteiger partial charge in [0.1, 0.15) is 5.67 Å². The summed E-state index contributed by atoms with van der Waals surface area (Å²) in [6.45, 7) is 1.52. The van der Waals surface area contributed by atoms with Gasteiger partial charge < -0.3 is 5.32 Å². The van der Waals surface area contributed by atoms with Crippen LogP contribution in [0.2, 0.25) is 0 Å². The first-order chi connectivity index (χ1) is 3.31. The Hall–Kier alpha value is -0.110. The number of halogens is 1. The first-order valence-corrected chi connectivity index (χ1v) is 2.71. The lowest BCUT2D eigenvalue weighted by Gasteiger charge is -1.93. The summed E-state index contributed by atoms with van der Waals surface area (Å²) in [5.74, 6) is 0.382. The average molecular weight is 101 g/mol. The van der Waals surface area contributed by atoms with Crippen molar-refractivity contribution in [3.8, 4) is 0 Å². The fourth-order valence-corrected chi connectivity index (χ4v) is 1.28. The molecule has 2 fully saturated rings. The molecule has 2 unspecified atom stereocenters. The predicted molar refractivity (Wildman–Crippen MR) is 24.8 cm³/mol. The lowest BCUT2D eigenvalue weighted by atomic mass is 10.3. The second kappa shape index (κ2) is 0.848. The van der Waals surface area contributed by atoms with E-state index in [0.29, 0.717) is 12.5 Å². The summed E-state index contributed by atoms with van der Waals surface area (Å²) in [5.41, 5.74) is -0.750. The van der Waals surface area contributed by atoms with E-state index in [0.717, 1.165) is 13.0 Å². The number of rotatable bonds is 0. The van der Waals surface area contributed by atoms with Crippen molar-refractivity contribution in [2.24, 2.45) is 5.92 Å². The van der Waals surface area contributed by atoms with Crippen LogP contribution in [-0.2, 0) is 0 Å². The molecule has 1 heterocycles. The van der Waals surface area contributed by atoms with Gasteiger partial charge in [0.15, 0.2) is 0 Å². The van der Waals surface area contributed by atoms with Crippen molar-refractivity contribution in [1.29, 1.82) is 0 Å². The summed E-state index contributed by atoms with van der Waals surface area (Å²) < 4.78 is 12.6. The Bertz CT molecular complexity index is 102. The average Bonchev–Trinajstić information content (AvgIpc) is 2.09. The van der Waals surface area contributed by atoms with E-state index in [4.69, 9.17) is 0 Å². The molecule has 2 heteroatoms. The van der Waals surface area contributed by atoms with Gasteiger partial charge in [0.2, 0.25) is 0 Å². The molecule has 2 aliphatic rings. The molecule has 1 aliphatic carbocycles. The topological polar surface area (TPSA) is 12.0 Å². The summed E-state index contributed by atoms with van der Waals surface area (Å²) in [4.78, 5) is 0. The van der Waals surface area contributed by atoms with E-state index in [-0.39, 0.29) is 0 Å². The Morgan fingerprint density at radius 2 is 2.57 bits per heavy atom. The fourth-order valence-electron chi connectivity index (χ4n) is 1.28. The zero-order valence-corrected chi connectivity index (χ0v) is 4.08. The maximum absolute atomic E-state index is 12.6. The van der Waals surface area contributed by atoms with Crippen molar-refractivity contribution in [2.45, 2.75) is 12.1 Å². The normalized spacial score (nSPS) is 57.0. The van der Waals surface area contributed by atoms with Gasteiger partial charge in [0.25, 0.3) is 0 Å². The molecule has 1 saturated carbocycles. The quantitative estimate of drug-likeness (QED) is 0.463. The van der Waals surface area contributed by atoms with Gasteiger partial charge in [-0.2, -0.15) is 0 Å². The second-order valence-corrected chi connectivity index (χ2v) is 2.57. The van der Waals surface area contributed by atoms with Gasteiger partial charge in [-0.1, -0.05) is 0 Å². The van der Waals surface area contributed by atoms with Gasteiger partial charge in [0, 0.05) is 19.0 Å². The first-order valence-electron chi connectivity index (χ1n) is 2.71. The minimum atomic E-state index is -0.750. The summed E-state index contributed by atoms with van der Waals surface area (Å²) in [6.07, 6.45) is 0.819. The lowest BCUT2D eigenvalue weighted by molar-refractivity contribution is 0.314. The highest BCUT2D eigenvalue weighted by Crippen LogP contribution is 2.49. The van der Waals surface area contributed by atoms with Gasteiger partial charge in [-0.3, -0.25) is 0 Å². The third kappa shape index (κ3) is 0.353. The monoisotopic (exact) mass is 101 g/mol. The molecule has 1 N–H and O–H groups in total. The van der Waals surface area contributed by atoms with Crippen molar-refractivity contribution in [1.82, 2.24) is 5.32 Å². The van der Waals surface area contributed by atoms with E-state index >= 15 is 0 Å². The number of alkyl halides is 1. The molecule has 0 amide bonds. The van der Waals surface area contributed by atoms with Gasteiger partial charge in [-0.15, -0.1) is 0 Å². The lowest BCUT2D eigenvalue weighted by Crippen LogP contribution is -2.16. The Morgan fingerprint density at radius 1 is 1.71 bits per heavy atom. The molecule has 0 spiro atoms. The first kappa shape index (κ1) is 3.84. The standard InChI is InChI=1S/C5H8FN/c6-5-1-4(5)2-7-3-5/h4,7H,1-3H2. The maximum Gasteiger partial charge on any atom is 0.128 e. The molecule has 1 aliphatic heterocycles. The highest BCUT2D eigenvalue weighted by atomic mass is 19.1. The SMILES string of the molecule is FC12CNCC1C2. The summed E-state index contributed by atoms with van der Waals surface area (Å²) in [6, 6.07) is 0. The Labute approximate surface area is 41.9 Å². The fraction of sp³-hybridized carbons (Fsp3) is 1.00. The van der Waals surface area contributed by atoms with E-state index < -0.39 is 5.67 Å². The Kier molecular flexibility index (Phi) is 0.465. The van der Waals surface area contributed by atoms with Crippen LogP contribution >= 0.6 is 0 Å². The van der Waals surface area contributed by atoms with Crippen LogP contribution in [0.1, 0.15) is 6.42 Å². The van der Waals surface area contributed by atoms with Crippen molar-refractivity contribution in [3.05, 3.63) is 0 Å². The molecule has 2 atom stereocenters.